The molecule has 0 saturated heterocycles. The zero-order chi connectivity index (χ0) is 13.0. The Bertz CT molecular complexity index is 478. The third-order valence-corrected chi connectivity index (χ3v) is 3.49. The van der Waals surface area contributed by atoms with Crippen molar-refractivity contribution < 1.29 is 5.11 Å². The molecule has 0 spiro atoms. The normalized spacial score (nSPS) is 14.4. The Balaban J connectivity index is 1.92. The summed E-state index contributed by atoms with van der Waals surface area (Å²) in [6.45, 7) is 2.07. The van der Waals surface area contributed by atoms with Gasteiger partial charge in [0.1, 0.15) is 5.82 Å². The van der Waals surface area contributed by atoms with Crippen LogP contribution in [0, 0.1) is 0 Å². The van der Waals surface area contributed by atoms with Crippen LogP contribution in [0.4, 0.5) is 0 Å². The minimum absolute atomic E-state index is 0.159. The molecule has 3 nitrogen and oxygen atoms in total. The maximum Gasteiger partial charge on any atom is 0.108 e. The average Bonchev–Trinajstić information content (AvgIpc) is 2.81. The molecule has 2 unspecified atom stereocenters. The number of aliphatic hydroxyl groups is 1. The molecule has 0 bridgehead atoms. The summed E-state index contributed by atoms with van der Waals surface area (Å²) in [6, 6.07) is 10.1. The third kappa shape index (κ3) is 2.99. The van der Waals surface area contributed by atoms with E-state index in [1.807, 2.05) is 36.0 Å². The highest BCUT2D eigenvalue weighted by Gasteiger charge is 2.16. The fraction of sp³-hybridized carbons (Fsp3) is 0.400. The molecule has 0 aliphatic heterocycles. The van der Waals surface area contributed by atoms with Crippen molar-refractivity contribution in [3.8, 4) is 0 Å². The van der Waals surface area contributed by atoms with E-state index in [9.17, 15) is 5.11 Å². The molecule has 3 heteroatoms. The van der Waals surface area contributed by atoms with Crippen molar-refractivity contribution in [2.24, 2.45) is 7.05 Å². The van der Waals surface area contributed by atoms with E-state index in [2.05, 4.69) is 24.0 Å². The molecule has 1 aromatic heterocycles. The largest absolute Gasteiger partial charge is 0.392 e. The summed E-state index contributed by atoms with van der Waals surface area (Å²) in [6.07, 6.45) is 4.94. The lowest BCUT2D eigenvalue weighted by atomic mass is 9.92. The number of aryl methyl sites for hydroxylation is 2. The fourth-order valence-corrected chi connectivity index (χ4v) is 2.14. The van der Waals surface area contributed by atoms with Crippen molar-refractivity contribution in [2.45, 2.75) is 31.8 Å². The van der Waals surface area contributed by atoms with Crippen LogP contribution in [0.15, 0.2) is 42.7 Å². The molecule has 0 aliphatic rings. The van der Waals surface area contributed by atoms with Gasteiger partial charge in [-0.25, -0.2) is 4.98 Å². The van der Waals surface area contributed by atoms with Gasteiger partial charge in [-0.2, -0.15) is 0 Å². The van der Waals surface area contributed by atoms with E-state index in [0.29, 0.717) is 0 Å². The van der Waals surface area contributed by atoms with Crippen molar-refractivity contribution in [3.63, 3.8) is 0 Å². The van der Waals surface area contributed by atoms with E-state index in [0.717, 1.165) is 18.7 Å². The van der Waals surface area contributed by atoms with E-state index in [1.165, 1.54) is 5.56 Å². The van der Waals surface area contributed by atoms with Crippen LogP contribution in [0.2, 0.25) is 0 Å². The van der Waals surface area contributed by atoms with E-state index >= 15 is 0 Å². The lowest BCUT2D eigenvalue weighted by Gasteiger charge is -2.19. The zero-order valence-corrected chi connectivity index (χ0v) is 11.0. The highest BCUT2D eigenvalue weighted by atomic mass is 16.3. The molecule has 2 aromatic rings. The van der Waals surface area contributed by atoms with Gasteiger partial charge in [0, 0.05) is 31.8 Å². The molecular weight excluding hydrogens is 224 g/mol. The molecule has 2 atom stereocenters. The minimum atomic E-state index is -0.330. The Morgan fingerprint density at radius 2 is 2.00 bits per heavy atom. The van der Waals surface area contributed by atoms with Crippen LogP contribution in [-0.4, -0.2) is 20.8 Å². The van der Waals surface area contributed by atoms with E-state index in [-0.39, 0.29) is 12.0 Å². The van der Waals surface area contributed by atoms with Gasteiger partial charge in [-0.3, -0.25) is 0 Å². The second kappa shape index (κ2) is 5.83. The summed E-state index contributed by atoms with van der Waals surface area (Å²) in [7, 11) is 1.98. The van der Waals surface area contributed by atoms with Gasteiger partial charge in [0.25, 0.3) is 0 Å². The second-order valence-corrected chi connectivity index (χ2v) is 4.76. The maximum atomic E-state index is 10.2. The first kappa shape index (κ1) is 12.8. The summed E-state index contributed by atoms with van der Waals surface area (Å²) < 4.78 is 2.00. The molecule has 0 aliphatic carbocycles. The van der Waals surface area contributed by atoms with Gasteiger partial charge in [0.2, 0.25) is 0 Å². The Labute approximate surface area is 108 Å². The molecule has 96 valence electrons. The number of aliphatic hydroxyl groups excluding tert-OH is 1. The van der Waals surface area contributed by atoms with Crippen molar-refractivity contribution in [2.75, 3.05) is 0 Å². The fourth-order valence-electron chi connectivity index (χ4n) is 2.14. The highest BCUT2D eigenvalue weighted by Crippen LogP contribution is 2.21. The number of hydrogen-bond acceptors (Lipinski definition) is 2. The van der Waals surface area contributed by atoms with Gasteiger partial charge in [-0.1, -0.05) is 37.3 Å². The van der Waals surface area contributed by atoms with Crippen molar-refractivity contribution in [1.82, 2.24) is 9.55 Å². The molecule has 0 fully saturated rings. The van der Waals surface area contributed by atoms with Crippen LogP contribution in [0.3, 0.4) is 0 Å². The lowest BCUT2D eigenvalue weighted by molar-refractivity contribution is 0.139. The van der Waals surface area contributed by atoms with Crippen LogP contribution >= 0.6 is 0 Å². The number of benzene rings is 1. The molecular formula is C15H20N2O. The zero-order valence-electron chi connectivity index (χ0n) is 11.0. The second-order valence-electron chi connectivity index (χ2n) is 4.76. The van der Waals surface area contributed by atoms with Crippen LogP contribution in [0.25, 0.3) is 0 Å². The van der Waals surface area contributed by atoms with Crippen LogP contribution in [-0.2, 0) is 13.5 Å². The molecule has 0 saturated carbocycles. The standard InChI is InChI=1S/C15H20N2O/c1-12(13-6-4-3-5-7-13)14(18)8-9-15-16-10-11-17(15)2/h3-7,10-12,14,18H,8-9H2,1-2H3. The predicted octanol–water partition coefficient (Wildman–Crippen LogP) is 2.52. The van der Waals surface area contributed by atoms with E-state index in [1.54, 1.807) is 6.20 Å². The van der Waals surface area contributed by atoms with Gasteiger partial charge in [-0.15, -0.1) is 0 Å². The smallest absolute Gasteiger partial charge is 0.108 e. The van der Waals surface area contributed by atoms with Gasteiger partial charge in [0.15, 0.2) is 0 Å². The summed E-state index contributed by atoms with van der Waals surface area (Å²) in [4.78, 5) is 4.27. The molecule has 2 rings (SSSR count). The maximum absolute atomic E-state index is 10.2. The van der Waals surface area contributed by atoms with Gasteiger partial charge in [-0.05, 0) is 12.0 Å². The van der Waals surface area contributed by atoms with Crippen molar-refractivity contribution in [3.05, 3.63) is 54.1 Å². The number of aromatic nitrogens is 2. The first-order chi connectivity index (χ1) is 8.68. The first-order valence-electron chi connectivity index (χ1n) is 6.37. The molecule has 0 amide bonds. The SMILES string of the molecule is CC(c1ccccc1)C(O)CCc1nccn1C. The number of hydrogen-bond donors (Lipinski definition) is 1. The number of nitrogens with zero attached hydrogens (tertiary/aromatic N) is 2. The van der Waals surface area contributed by atoms with Gasteiger partial charge >= 0.3 is 0 Å². The predicted molar refractivity (Wildman–Crippen MR) is 72.4 cm³/mol. The van der Waals surface area contributed by atoms with Crippen LogP contribution < -0.4 is 0 Å². The third-order valence-electron chi connectivity index (χ3n) is 3.49. The first-order valence-corrected chi connectivity index (χ1v) is 6.37. The quantitative estimate of drug-likeness (QED) is 0.877. The molecule has 1 aromatic carbocycles. The summed E-state index contributed by atoms with van der Waals surface area (Å²) in [5, 5.41) is 10.2. The van der Waals surface area contributed by atoms with E-state index in [4.69, 9.17) is 0 Å². The van der Waals surface area contributed by atoms with Crippen LogP contribution in [0.1, 0.15) is 30.7 Å². The molecule has 0 radical (unpaired) electrons. The molecule has 1 N–H and O–H groups in total. The lowest BCUT2D eigenvalue weighted by Crippen LogP contribution is -2.17. The number of rotatable bonds is 5. The highest BCUT2D eigenvalue weighted by molar-refractivity contribution is 5.19. The van der Waals surface area contributed by atoms with Crippen LogP contribution in [0.5, 0.6) is 0 Å². The molecule has 1 heterocycles. The summed E-state index contributed by atoms with van der Waals surface area (Å²) >= 11 is 0. The minimum Gasteiger partial charge on any atom is -0.392 e. The topological polar surface area (TPSA) is 38.1 Å². The summed E-state index contributed by atoms with van der Waals surface area (Å²) in [5.41, 5.74) is 1.19. The Kier molecular flexibility index (Phi) is 4.15. The van der Waals surface area contributed by atoms with Crippen molar-refractivity contribution in [1.29, 1.82) is 0 Å². The Hall–Kier alpha value is -1.61. The number of imidazole rings is 1. The molecule has 18 heavy (non-hydrogen) atoms. The van der Waals surface area contributed by atoms with Gasteiger partial charge in [0.05, 0.1) is 6.10 Å². The van der Waals surface area contributed by atoms with Gasteiger partial charge < -0.3 is 9.67 Å². The average molecular weight is 244 g/mol. The summed E-state index contributed by atoms with van der Waals surface area (Å²) in [5.74, 6) is 1.18. The van der Waals surface area contributed by atoms with E-state index < -0.39 is 0 Å². The van der Waals surface area contributed by atoms with Crippen molar-refractivity contribution >= 4 is 0 Å². The Morgan fingerprint density at radius 3 is 2.61 bits per heavy atom. The Morgan fingerprint density at radius 1 is 1.28 bits per heavy atom. The monoisotopic (exact) mass is 244 g/mol.